The monoisotopic (exact) mass is 225 g/mol. The second-order valence-electron chi connectivity index (χ2n) is 7.05. The Morgan fingerprint density at radius 2 is 1.62 bits per heavy atom. The van der Waals surface area contributed by atoms with Crippen molar-refractivity contribution in [2.75, 3.05) is 6.54 Å². The largest absolute Gasteiger partial charge is 0.355 e. The summed E-state index contributed by atoms with van der Waals surface area (Å²) in [4.78, 5) is 0. The molecule has 1 aliphatic heterocycles. The average Bonchev–Trinajstić information content (AvgIpc) is 2.25. The van der Waals surface area contributed by atoms with Gasteiger partial charge in [0.1, 0.15) is 5.72 Å². The average molecular weight is 225 g/mol. The van der Waals surface area contributed by atoms with E-state index in [0.29, 0.717) is 5.41 Å². The van der Waals surface area contributed by atoms with Crippen LogP contribution in [0.15, 0.2) is 0 Å². The van der Waals surface area contributed by atoms with Gasteiger partial charge in [-0.25, -0.2) is 0 Å². The van der Waals surface area contributed by atoms with Crippen LogP contribution in [-0.2, 0) is 4.74 Å². The van der Waals surface area contributed by atoms with Gasteiger partial charge >= 0.3 is 0 Å². The van der Waals surface area contributed by atoms with E-state index >= 15 is 0 Å². The third-order valence-electron chi connectivity index (χ3n) is 4.29. The first-order valence-electron chi connectivity index (χ1n) is 6.78. The van der Waals surface area contributed by atoms with Crippen LogP contribution >= 0.6 is 0 Å². The topological polar surface area (TPSA) is 21.3 Å². The maximum atomic E-state index is 6.36. The first-order chi connectivity index (χ1) is 7.33. The maximum absolute atomic E-state index is 6.36. The zero-order chi connectivity index (χ0) is 11.9. The number of ether oxygens (including phenoxy) is 1. The number of hydrogen-bond acceptors (Lipinski definition) is 2. The minimum atomic E-state index is -0.0183. The number of nitrogens with one attached hydrogen (secondary N) is 1. The molecule has 2 heteroatoms. The standard InChI is InChI=1S/C14H27NO/c1-12(2)6-5-7-14(9-8-12)15-11-10-13(3,4)16-14/h15H,5-11H2,1-4H3. The quantitative estimate of drug-likeness (QED) is 0.681. The Balaban J connectivity index is 2.07. The predicted molar refractivity (Wildman–Crippen MR) is 67.4 cm³/mol. The summed E-state index contributed by atoms with van der Waals surface area (Å²) in [5.41, 5.74) is 0.533. The van der Waals surface area contributed by atoms with Crippen molar-refractivity contribution >= 4 is 0 Å². The normalized spacial score (nSPS) is 38.2. The van der Waals surface area contributed by atoms with Crippen LogP contribution in [0.4, 0.5) is 0 Å². The van der Waals surface area contributed by atoms with Crippen molar-refractivity contribution in [1.29, 1.82) is 0 Å². The van der Waals surface area contributed by atoms with Gasteiger partial charge < -0.3 is 4.74 Å². The molecule has 2 nitrogen and oxygen atoms in total. The van der Waals surface area contributed by atoms with Crippen molar-refractivity contribution in [3.05, 3.63) is 0 Å². The van der Waals surface area contributed by atoms with E-state index < -0.39 is 0 Å². The Kier molecular flexibility index (Phi) is 3.09. The van der Waals surface area contributed by atoms with E-state index in [1.807, 2.05) is 0 Å². The first kappa shape index (κ1) is 12.4. The summed E-state index contributed by atoms with van der Waals surface area (Å²) < 4.78 is 6.36. The Hall–Kier alpha value is -0.0800. The van der Waals surface area contributed by atoms with Crippen molar-refractivity contribution in [3.8, 4) is 0 Å². The summed E-state index contributed by atoms with van der Waals surface area (Å²) in [6.07, 6.45) is 7.37. The Morgan fingerprint density at radius 3 is 2.31 bits per heavy atom. The van der Waals surface area contributed by atoms with Gasteiger partial charge in [0, 0.05) is 6.54 Å². The van der Waals surface area contributed by atoms with Crippen molar-refractivity contribution in [2.45, 2.75) is 77.5 Å². The molecule has 0 aromatic carbocycles. The highest BCUT2D eigenvalue weighted by Gasteiger charge is 2.42. The second-order valence-corrected chi connectivity index (χ2v) is 7.05. The van der Waals surface area contributed by atoms with E-state index in [9.17, 15) is 0 Å². The lowest BCUT2D eigenvalue weighted by Crippen LogP contribution is -2.57. The summed E-state index contributed by atoms with van der Waals surface area (Å²) in [5.74, 6) is 0. The van der Waals surface area contributed by atoms with Crippen LogP contribution in [0.25, 0.3) is 0 Å². The molecular weight excluding hydrogens is 198 g/mol. The summed E-state index contributed by atoms with van der Waals surface area (Å²) >= 11 is 0. The molecule has 1 spiro atoms. The zero-order valence-corrected chi connectivity index (χ0v) is 11.4. The van der Waals surface area contributed by atoms with Gasteiger partial charge in [-0.2, -0.15) is 0 Å². The molecule has 0 amide bonds. The molecule has 0 bridgehead atoms. The van der Waals surface area contributed by atoms with Gasteiger partial charge in [0.05, 0.1) is 5.60 Å². The summed E-state index contributed by atoms with van der Waals surface area (Å²) in [6, 6.07) is 0. The van der Waals surface area contributed by atoms with Crippen molar-refractivity contribution in [3.63, 3.8) is 0 Å². The fourth-order valence-corrected chi connectivity index (χ4v) is 3.13. The molecule has 1 aliphatic carbocycles. The Morgan fingerprint density at radius 1 is 0.875 bits per heavy atom. The lowest BCUT2D eigenvalue weighted by molar-refractivity contribution is -0.192. The molecule has 1 atom stereocenters. The van der Waals surface area contributed by atoms with Gasteiger partial charge in [-0.3, -0.25) is 5.32 Å². The predicted octanol–water partition coefficient (Wildman–Crippen LogP) is 3.46. The minimum absolute atomic E-state index is 0.0183. The lowest BCUT2D eigenvalue weighted by Gasteiger charge is -2.46. The highest BCUT2D eigenvalue weighted by molar-refractivity contribution is 4.92. The van der Waals surface area contributed by atoms with Gasteiger partial charge in [-0.05, 0) is 57.8 Å². The molecule has 16 heavy (non-hydrogen) atoms. The third kappa shape index (κ3) is 2.78. The highest BCUT2D eigenvalue weighted by Crippen LogP contribution is 2.41. The van der Waals surface area contributed by atoms with Gasteiger partial charge in [-0.1, -0.05) is 13.8 Å². The lowest BCUT2D eigenvalue weighted by atomic mass is 9.85. The second kappa shape index (κ2) is 3.99. The maximum Gasteiger partial charge on any atom is 0.119 e. The first-order valence-corrected chi connectivity index (χ1v) is 6.78. The molecule has 0 aromatic rings. The van der Waals surface area contributed by atoms with Crippen LogP contribution < -0.4 is 5.32 Å². The van der Waals surface area contributed by atoms with Crippen LogP contribution in [0, 0.1) is 5.41 Å². The Bertz CT molecular complexity index is 259. The molecule has 1 N–H and O–H groups in total. The number of rotatable bonds is 0. The molecular formula is C14H27NO. The third-order valence-corrected chi connectivity index (χ3v) is 4.29. The Labute approximate surface area is 100 Å². The molecule has 2 fully saturated rings. The molecule has 1 saturated carbocycles. The molecule has 0 aromatic heterocycles. The molecule has 1 unspecified atom stereocenters. The summed E-state index contributed by atoms with van der Waals surface area (Å²) in [6.45, 7) is 10.3. The van der Waals surface area contributed by atoms with Crippen LogP contribution in [0.3, 0.4) is 0 Å². The van der Waals surface area contributed by atoms with Crippen molar-refractivity contribution in [1.82, 2.24) is 5.32 Å². The van der Waals surface area contributed by atoms with Crippen LogP contribution in [0.1, 0.15) is 66.2 Å². The van der Waals surface area contributed by atoms with Gasteiger partial charge in [-0.15, -0.1) is 0 Å². The highest BCUT2D eigenvalue weighted by atomic mass is 16.5. The SMILES string of the molecule is CC1(C)CCCC2(CC1)NCCC(C)(C)O2. The van der Waals surface area contributed by atoms with Crippen LogP contribution in [0.2, 0.25) is 0 Å². The van der Waals surface area contributed by atoms with E-state index in [2.05, 4.69) is 33.0 Å². The van der Waals surface area contributed by atoms with Crippen molar-refractivity contribution < 1.29 is 4.74 Å². The fraction of sp³-hybridized carbons (Fsp3) is 1.00. The van der Waals surface area contributed by atoms with E-state index in [1.54, 1.807) is 0 Å². The molecule has 94 valence electrons. The van der Waals surface area contributed by atoms with Crippen LogP contribution in [0.5, 0.6) is 0 Å². The van der Waals surface area contributed by atoms with Crippen molar-refractivity contribution in [2.24, 2.45) is 5.41 Å². The molecule has 2 rings (SSSR count). The van der Waals surface area contributed by atoms with Gasteiger partial charge in [0.2, 0.25) is 0 Å². The molecule has 2 aliphatic rings. The van der Waals surface area contributed by atoms with Crippen LogP contribution in [-0.4, -0.2) is 17.9 Å². The van der Waals surface area contributed by atoms with E-state index in [1.165, 1.54) is 32.1 Å². The smallest absolute Gasteiger partial charge is 0.119 e. The minimum Gasteiger partial charge on any atom is -0.355 e. The molecule has 1 heterocycles. The van der Waals surface area contributed by atoms with E-state index in [0.717, 1.165) is 13.0 Å². The molecule has 0 radical (unpaired) electrons. The van der Waals surface area contributed by atoms with E-state index in [-0.39, 0.29) is 11.3 Å². The zero-order valence-electron chi connectivity index (χ0n) is 11.4. The van der Waals surface area contributed by atoms with Gasteiger partial charge in [0.15, 0.2) is 0 Å². The molecule has 1 saturated heterocycles. The van der Waals surface area contributed by atoms with Gasteiger partial charge in [0.25, 0.3) is 0 Å². The summed E-state index contributed by atoms with van der Waals surface area (Å²) in [5, 5.41) is 3.65. The fourth-order valence-electron chi connectivity index (χ4n) is 3.13. The summed E-state index contributed by atoms with van der Waals surface area (Å²) in [7, 11) is 0. The number of hydrogen-bond donors (Lipinski definition) is 1. The van der Waals surface area contributed by atoms with E-state index in [4.69, 9.17) is 4.74 Å².